The van der Waals surface area contributed by atoms with E-state index in [1.54, 1.807) is 0 Å². The molecule has 134 valence electrons. The van der Waals surface area contributed by atoms with Crippen molar-refractivity contribution in [3.63, 3.8) is 0 Å². The number of aryl methyl sites for hydroxylation is 1. The number of rotatable bonds is 7. The predicted molar refractivity (Wildman–Crippen MR) is 103 cm³/mol. The van der Waals surface area contributed by atoms with Crippen LogP contribution in [-0.4, -0.2) is 28.2 Å². The monoisotopic (exact) mass is 349 g/mol. The van der Waals surface area contributed by atoms with E-state index >= 15 is 0 Å². The molecule has 0 aliphatic rings. The molecule has 0 radical (unpaired) electrons. The Hall–Kier alpha value is -2.92. The van der Waals surface area contributed by atoms with Crippen LogP contribution in [0.25, 0.3) is 11.3 Å². The Labute approximate surface area is 153 Å². The second-order valence-corrected chi connectivity index (χ2v) is 6.01. The summed E-state index contributed by atoms with van der Waals surface area (Å²) in [5, 5.41) is 13.4. The van der Waals surface area contributed by atoms with Gasteiger partial charge in [0, 0.05) is 18.2 Å². The molecule has 3 rings (SSSR count). The molecule has 1 aromatic heterocycles. The number of aromatic nitrogens is 2. The maximum Gasteiger partial charge on any atom is 0.130 e. The lowest BCUT2D eigenvalue weighted by Gasteiger charge is -2.13. The third-order valence-corrected chi connectivity index (χ3v) is 4.10. The molecule has 5 nitrogen and oxygen atoms in total. The molecule has 0 saturated carbocycles. The number of ether oxygens (including phenoxy) is 1. The molecule has 2 aromatic carbocycles. The average Bonchev–Trinajstić information content (AvgIpc) is 2.69. The normalized spacial score (nSPS) is 11.8. The van der Waals surface area contributed by atoms with Gasteiger partial charge in [-0.05, 0) is 43.2 Å². The standard InChI is InChI=1S/C21H23N3O2/c1-3-26-20-10-9-17(11-15(20)2)18-12-21(24-14-23-18)22-13-19(25)16-7-5-4-6-8-16/h4-12,14,19,25H,3,13H2,1-2H3,(H,22,23,24)/t19-/m0/s1. The van der Waals surface area contributed by atoms with E-state index in [1.165, 1.54) is 6.33 Å². The first-order chi connectivity index (χ1) is 12.7. The lowest BCUT2D eigenvalue weighted by Crippen LogP contribution is -2.13. The minimum atomic E-state index is -0.595. The van der Waals surface area contributed by atoms with E-state index < -0.39 is 6.10 Å². The van der Waals surface area contributed by atoms with Gasteiger partial charge in [0.15, 0.2) is 0 Å². The maximum atomic E-state index is 10.3. The van der Waals surface area contributed by atoms with Gasteiger partial charge in [0.2, 0.25) is 0 Å². The van der Waals surface area contributed by atoms with Crippen molar-refractivity contribution in [2.45, 2.75) is 20.0 Å². The molecule has 1 atom stereocenters. The van der Waals surface area contributed by atoms with Crippen LogP contribution in [0.15, 0.2) is 60.9 Å². The van der Waals surface area contributed by atoms with Crippen molar-refractivity contribution < 1.29 is 9.84 Å². The van der Waals surface area contributed by atoms with Crippen LogP contribution in [0.5, 0.6) is 5.75 Å². The van der Waals surface area contributed by atoms with E-state index in [0.29, 0.717) is 19.0 Å². The molecule has 0 aliphatic carbocycles. The molecule has 0 bridgehead atoms. The first-order valence-corrected chi connectivity index (χ1v) is 8.70. The summed E-state index contributed by atoms with van der Waals surface area (Å²) < 4.78 is 5.59. The SMILES string of the molecule is CCOc1ccc(-c2cc(NC[C@H](O)c3ccccc3)ncn2)cc1C. The van der Waals surface area contributed by atoms with E-state index in [0.717, 1.165) is 28.1 Å². The summed E-state index contributed by atoms with van der Waals surface area (Å²) in [5.74, 6) is 1.56. The minimum absolute atomic E-state index is 0.378. The zero-order valence-electron chi connectivity index (χ0n) is 15.0. The summed E-state index contributed by atoms with van der Waals surface area (Å²) >= 11 is 0. The van der Waals surface area contributed by atoms with Crippen LogP contribution >= 0.6 is 0 Å². The third kappa shape index (κ3) is 4.37. The van der Waals surface area contributed by atoms with Gasteiger partial charge in [-0.15, -0.1) is 0 Å². The molecule has 26 heavy (non-hydrogen) atoms. The second kappa shape index (κ2) is 8.45. The number of nitrogens with zero attached hydrogens (tertiary/aromatic N) is 2. The summed E-state index contributed by atoms with van der Waals surface area (Å²) in [6, 6.07) is 17.4. The zero-order valence-corrected chi connectivity index (χ0v) is 15.0. The van der Waals surface area contributed by atoms with Crippen LogP contribution in [0, 0.1) is 6.92 Å². The van der Waals surface area contributed by atoms with E-state index in [2.05, 4.69) is 21.4 Å². The van der Waals surface area contributed by atoms with Crippen LogP contribution in [0.3, 0.4) is 0 Å². The smallest absolute Gasteiger partial charge is 0.130 e. The lowest BCUT2D eigenvalue weighted by atomic mass is 10.1. The Morgan fingerprint density at radius 1 is 1.08 bits per heavy atom. The van der Waals surface area contributed by atoms with Crippen molar-refractivity contribution in [2.75, 3.05) is 18.5 Å². The maximum absolute atomic E-state index is 10.3. The number of benzene rings is 2. The molecule has 3 aromatic rings. The number of aliphatic hydroxyl groups excluding tert-OH is 1. The molecular weight excluding hydrogens is 326 g/mol. The first-order valence-electron chi connectivity index (χ1n) is 8.70. The van der Waals surface area contributed by atoms with Crippen LogP contribution < -0.4 is 10.1 Å². The van der Waals surface area contributed by atoms with Crippen molar-refractivity contribution in [1.82, 2.24) is 9.97 Å². The highest BCUT2D eigenvalue weighted by Crippen LogP contribution is 2.26. The summed E-state index contributed by atoms with van der Waals surface area (Å²) in [7, 11) is 0. The van der Waals surface area contributed by atoms with E-state index in [9.17, 15) is 5.11 Å². The van der Waals surface area contributed by atoms with Gasteiger partial charge in [-0.1, -0.05) is 30.3 Å². The number of hydrogen-bond acceptors (Lipinski definition) is 5. The average molecular weight is 349 g/mol. The predicted octanol–water partition coefficient (Wildman–Crippen LogP) is 4.00. The molecule has 0 spiro atoms. The van der Waals surface area contributed by atoms with E-state index in [1.807, 2.05) is 62.4 Å². The number of nitrogens with one attached hydrogen (secondary N) is 1. The first kappa shape index (κ1) is 17.9. The van der Waals surface area contributed by atoms with Gasteiger partial charge in [0.25, 0.3) is 0 Å². The quantitative estimate of drug-likeness (QED) is 0.675. The molecule has 0 amide bonds. The molecule has 0 saturated heterocycles. The number of anilines is 1. The third-order valence-electron chi connectivity index (χ3n) is 4.10. The van der Waals surface area contributed by atoms with E-state index in [-0.39, 0.29) is 0 Å². The second-order valence-electron chi connectivity index (χ2n) is 6.01. The van der Waals surface area contributed by atoms with Crippen LogP contribution in [0.4, 0.5) is 5.82 Å². The summed E-state index contributed by atoms with van der Waals surface area (Å²) in [6.45, 7) is 5.01. The molecule has 2 N–H and O–H groups in total. The van der Waals surface area contributed by atoms with Gasteiger partial charge in [0.1, 0.15) is 17.9 Å². The molecule has 0 unspecified atom stereocenters. The minimum Gasteiger partial charge on any atom is -0.494 e. The zero-order chi connectivity index (χ0) is 18.4. The fraction of sp³-hybridized carbons (Fsp3) is 0.238. The van der Waals surface area contributed by atoms with Crippen LogP contribution in [-0.2, 0) is 0 Å². The van der Waals surface area contributed by atoms with Crippen molar-refractivity contribution >= 4 is 5.82 Å². The highest BCUT2D eigenvalue weighted by atomic mass is 16.5. The van der Waals surface area contributed by atoms with Gasteiger partial charge in [0.05, 0.1) is 18.4 Å². The summed E-state index contributed by atoms with van der Waals surface area (Å²) in [4.78, 5) is 8.60. The number of hydrogen-bond donors (Lipinski definition) is 2. The molecule has 0 aliphatic heterocycles. The summed E-state index contributed by atoms with van der Waals surface area (Å²) in [6.07, 6.45) is 0.931. The van der Waals surface area contributed by atoms with Crippen molar-refractivity contribution in [3.05, 3.63) is 72.1 Å². The van der Waals surface area contributed by atoms with Gasteiger partial charge in [-0.25, -0.2) is 9.97 Å². The molecule has 5 heteroatoms. The van der Waals surface area contributed by atoms with Crippen molar-refractivity contribution in [1.29, 1.82) is 0 Å². The fourth-order valence-corrected chi connectivity index (χ4v) is 2.73. The Morgan fingerprint density at radius 2 is 1.88 bits per heavy atom. The highest BCUT2D eigenvalue weighted by molar-refractivity contribution is 5.64. The van der Waals surface area contributed by atoms with Crippen molar-refractivity contribution in [2.24, 2.45) is 0 Å². The van der Waals surface area contributed by atoms with E-state index in [4.69, 9.17) is 4.74 Å². The van der Waals surface area contributed by atoms with Gasteiger partial charge < -0.3 is 15.2 Å². The Bertz CT molecular complexity index is 853. The fourth-order valence-electron chi connectivity index (χ4n) is 2.73. The Morgan fingerprint density at radius 3 is 2.62 bits per heavy atom. The van der Waals surface area contributed by atoms with Crippen LogP contribution in [0.1, 0.15) is 24.2 Å². The van der Waals surface area contributed by atoms with Gasteiger partial charge in [-0.3, -0.25) is 0 Å². The van der Waals surface area contributed by atoms with Crippen LogP contribution in [0.2, 0.25) is 0 Å². The molecular formula is C21H23N3O2. The Balaban J connectivity index is 1.71. The van der Waals surface area contributed by atoms with Gasteiger partial charge in [-0.2, -0.15) is 0 Å². The highest BCUT2D eigenvalue weighted by Gasteiger charge is 2.09. The largest absolute Gasteiger partial charge is 0.494 e. The lowest BCUT2D eigenvalue weighted by molar-refractivity contribution is 0.191. The van der Waals surface area contributed by atoms with Crippen molar-refractivity contribution in [3.8, 4) is 17.0 Å². The molecule has 1 heterocycles. The molecule has 0 fully saturated rings. The topological polar surface area (TPSA) is 67.3 Å². The van der Waals surface area contributed by atoms with Gasteiger partial charge >= 0.3 is 0 Å². The summed E-state index contributed by atoms with van der Waals surface area (Å²) in [5.41, 5.74) is 3.76. The number of aliphatic hydroxyl groups is 1. The Kier molecular flexibility index (Phi) is 5.81.